The summed E-state index contributed by atoms with van der Waals surface area (Å²) in [6.07, 6.45) is 3.82. The van der Waals surface area contributed by atoms with Gasteiger partial charge in [0.05, 0.1) is 14.2 Å². The average Bonchev–Trinajstić information content (AvgIpc) is 3.00. The summed E-state index contributed by atoms with van der Waals surface area (Å²) >= 11 is 0. The largest absolute Gasteiger partial charge is 0.493 e. The van der Waals surface area contributed by atoms with Crippen LogP contribution >= 0.6 is 0 Å². The van der Waals surface area contributed by atoms with Gasteiger partial charge in [-0.1, -0.05) is 13.0 Å². The maximum Gasteiger partial charge on any atom is 0.220 e. The lowest BCUT2D eigenvalue weighted by Crippen LogP contribution is -2.45. The number of hydrogen-bond acceptors (Lipinski definition) is 4. The Morgan fingerprint density at radius 3 is 2.62 bits per heavy atom. The zero-order valence-corrected chi connectivity index (χ0v) is 16.2. The fourth-order valence-electron chi connectivity index (χ4n) is 3.37. The number of methoxy groups -OCH3 is 2. The molecule has 1 aromatic carbocycles. The van der Waals surface area contributed by atoms with Crippen LogP contribution in [-0.2, 0) is 16.0 Å². The van der Waals surface area contributed by atoms with Gasteiger partial charge in [-0.15, -0.1) is 0 Å². The maximum atomic E-state index is 12.2. The third-order valence-electron chi connectivity index (χ3n) is 5.08. The van der Waals surface area contributed by atoms with Crippen LogP contribution in [0.5, 0.6) is 11.5 Å². The number of hydrogen-bond donors (Lipinski definition) is 2. The lowest BCUT2D eigenvalue weighted by molar-refractivity contribution is -0.123. The van der Waals surface area contributed by atoms with Crippen molar-refractivity contribution in [1.82, 2.24) is 10.6 Å². The number of ether oxygens (including phenoxy) is 2. The van der Waals surface area contributed by atoms with Crippen molar-refractivity contribution in [2.24, 2.45) is 0 Å². The Morgan fingerprint density at radius 1 is 1.31 bits per heavy atom. The molecular formula is C20H30N2O4. The lowest BCUT2D eigenvalue weighted by atomic mass is 9.84. The molecule has 0 unspecified atom stereocenters. The molecule has 144 valence electrons. The van der Waals surface area contributed by atoms with Gasteiger partial charge in [-0.25, -0.2) is 0 Å². The third-order valence-corrected chi connectivity index (χ3v) is 5.08. The summed E-state index contributed by atoms with van der Waals surface area (Å²) in [6.45, 7) is 4.04. The topological polar surface area (TPSA) is 76.7 Å². The molecule has 0 aromatic heterocycles. The predicted molar refractivity (Wildman–Crippen MR) is 100 cm³/mol. The molecule has 1 aromatic rings. The van der Waals surface area contributed by atoms with Gasteiger partial charge in [0, 0.05) is 24.4 Å². The third kappa shape index (κ3) is 5.13. The van der Waals surface area contributed by atoms with Crippen molar-refractivity contribution >= 4 is 11.8 Å². The van der Waals surface area contributed by atoms with Crippen LogP contribution in [0.15, 0.2) is 18.2 Å². The van der Waals surface area contributed by atoms with Crippen LogP contribution in [0.2, 0.25) is 0 Å². The Hall–Kier alpha value is -2.24. The second kappa shape index (κ2) is 8.92. The number of carbonyl (C=O) groups is 2. The smallest absolute Gasteiger partial charge is 0.220 e. The van der Waals surface area contributed by atoms with Gasteiger partial charge in [-0.2, -0.15) is 0 Å². The van der Waals surface area contributed by atoms with Crippen LogP contribution in [0.1, 0.15) is 51.5 Å². The Balaban J connectivity index is 2.09. The summed E-state index contributed by atoms with van der Waals surface area (Å²) < 4.78 is 10.7. The zero-order chi connectivity index (χ0) is 19.2. The second-order valence-electron chi connectivity index (χ2n) is 7.07. The van der Waals surface area contributed by atoms with Gasteiger partial charge in [0.25, 0.3) is 0 Å². The minimum atomic E-state index is -0.385. The molecule has 0 spiro atoms. The molecule has 1 saturated heterocycles. The van der Waals surface area contributed by atoms with Crippen molar-refractivity contribution in [1.29, 1.82) is 0 Å². The minimum absolute atomic E-state index is 0.0344. The predicted octanol–water partition coefficient (Wildman–Crippen LogP) is 2.59. The van der Waals surface area contributed by atoms with E-state index >= 15 is 0 Å². The van der Waals surface area contributed by atoms with Gasteiger partial charge < -0.3 is 20.1 Å². The van der Waals surface area contributed by atoms with E-state index in [-0.39, 0.29) is 23.4 Å². The van der Waals surface area contributed by atoms with E-state index in [1.807, 2.05) is 32.0 Å². The average molecular weight is 362 g/mol. The highest BCUT2D eigenvalue weighted by molar-refractivity contribution is 5.80. The summed E-state index contributed by atoms with van der Waals surface area (Å²) in [4.78, 5) is 24.1. The molecule has 6 nitrogen and oxygen atoms in total. The molecule has 0 radical (unpaired) electrons. The molecule has 2 N–H and O–H groups in total. The molecule has 0 saturated carbocycles. The van der Waals surface area contributed by atoms with Gasteiger partial charge in [-0.05, 0) is 50.3 Å². The van der Waals surface area contributed by atoms with E-state index in [2.05, 4.69) is 10.6 Å². The Bertz CT molecular complexity index is 647. The van der Waals surface area contributed by atoms with E-state index in [1.54, 1.807) is 14.2 Å². The van der Waals surface area contributed by atoms with E-state index in [1.165, 1.54) is 0 Å². The summed E-state index contributed by atoms with van der Waals surface area (Å²) in [5.41, 5.74) is 0.663. The van der Waals surface area contributed by atoms with Crippen LogP contribution in [0.3, 0.4) is 0 Å². The van der Waals surface area contributed by atoms with Crippen molar-refractivity contribution in [2.45, 2.75) is 64.0 Å². The summed E-state index contributed by atoms with van der Waals surface area (Å²) in [5, 5.41) is 6.10. The second-order valence-corrected chi connectivity index (χ2v) is 7.07. The highest BCUT2D eigenvalue weighted by Crippen LogP contribution is 2.33. The van der Waals surface area contributed by atoms with E-state index in [4.69, 9.17) is 9.47 Å². The van der Waals surface area contributed by atoms with Crippen LogP contribution in [0, 0.1) is 0 Å². The van der Waals surface area contributed by atoms with Crippen LogP contribution < -0.4 is 20.1 Å². The molecule has 0 bridgehead atoms. The van der Waals surface area contributed by atoms with Crippen LogP contribution in [0.4, 0.5) is 0 Å². The van der Waals surface area contributed by atoms with Gasteiger partial charge in [0.1, 0.15) is 0 Å². The molecule has 26 heavy (non-hydrogen) atoms. The van der Waals surface area contributed by atoms with Crippen molar-refractivity contribution in [2.75, 3.05) is 14.2 Å². The molecule has 2 rings (SSSR count). The first-order valence-corrected chi connectivity index (χ1v) is 9.22. The lowest BCUT2D eigenvalue weighted by Gasteiger charge is -2.30. The van der Waals surface area contributed by atoms with Gasteiger partial charge >= 0.3 is 0 Å². The first-order valence-electron chi connectivity index (χ1n) is 9.22. The van der Waals surface area contributed by atoms with Crippen molar-refractivity contribution in [3.05, 3.63) is 23.8 Å². The number of benzene rings is 1. The first-order chi connectivity index (χ1) is 12.4. The van der Waals surface area contributed by atoms with Gasteiger partial charge in [-0.3, -0.25) is 9.59 Å². The van der Waals surface area contributed by atoms with Crippen LogP contribution in [-0.4, -0.2) is 37.6 Å². The fraction of sp³-hybridized carbons (Fsp3) is 0.600. The van der Waals surface area contributed by atoms with E-state index in [0.717, 1.165) is 18.4 Å². The molecule has 1 fully saturated rings. The zero-order valence-electron chi connectivity index (χ0n) is 16.2. The standard InChI is InChI=1S/C20H30N2O4/c1-5-14(2)21-18(23)8-10-20(11-9-19(24)22-20)13-15-6-7-16(25-3)17(12-15)26-4/h6-7,12,14H,5,8-11,13H2,1-4H3,(H,21,23)(H,22,24)/t14-,20-/m1/s1. The molecule has 2 amide bonds. The molecule has 1 aliphatic rings. The monoisotopic (exact) mass is 362 g/mol. The maximum absolute atomic E-state index is 12.2. The minimum Gasteiger partial charge on any atom is -0.493 e. The van der Waals surface area contributed by atoms with E-state index in [0.29, 0.717) is 37.2 Å². The summed E-state index contributed by atoms with van der Waals surface area (Å²) in [6, 6.07) is 5.95. The molecule has 1 heterocycles. The van der Waals surface area contributed by atoms with E-state index < -0.39 is 0 Å². The highest BCUT2D eigenvalue weighted by atomic mass is 16.5. The molecular weight excluding hydrogens is 332 g/mol. The fourth-order valence-corrected chi connectivity index (χ4v) is 3.37. The summed E-state index contributed by atoms with van der Waals surface area (Å²) in [7, 11) is 3.21. The molecule has 6 heteroatoms. The quantitative estimate of drug-likeness (QED) is 0.708. The van der Waals surface area contributed by atoms with Gasteiger partial charge in [0.15, 0.2) is 11.5 Å². The van der Waals surface area contributed by atoms with Crippen molar-refractivity contribution in [3.63, 3.8) is 0 Å². The molecule has 2 atom stereocenters. The number of nitrogens with one attached hydrogen (secondary N) is 2. The van der Waals surface area contributed by atoms with Gasteiger partial charge in [0.2, 0.25) is 11.8 Å². The number of amides is 2. The Labute approximate surface area is 155 Å². The Kier molecular flexibility index (Phi) is 6.89. The Morgan fingerprint density at radius 2 is 2.04 bits per heavy atom. The number of carbonyl (C=O) groups excluding carboxylic acids is 2. The van der Waals surface area contributed by atoms with Crippen molar-refractivity contribution < 1.29 is 19.1 Å². The highest BCUT2D eigenvalue weighted by Gasteiger charge is 2.38. The van der Waals surface area contributed by atoms with E-state index in [9.17, 15) is 9.59 Å². The number of rotatable bonds is 9. The SMILES string of the molecule is CC[C@@H](C)NC(=O)CC[C@]1(Cc2ccc(OC)c(OC)c2)CCC(=O)N1. The molecule has 1 aliphatic heterocycles. The molecule has 0 aliphatic carbocycles. The van der Waals surface area contributed by atoms with Crippen molar-refractivity contribution in [3.8, 4) is 11.5 Å². The van der Waals surface area contributed by atoms with Crippen LogP contribution in [0.25, 0.3) is 0 Å². The first kappa shape index (κ1) is 20.1. The summed E-state index contributed by atoms with van der Waals surface area (Å²) in [5.74, 6) is 1.42. The normalized spacial score (nSPS) is 20.4.